The third-order valence-electron chi connectivity index (χ3n) is 2.10. The summed E-state index contributed by atoms with van der Waals surface area (Å²) < 4.78 is 0. The average Bonchev–Trinajstić information content (AvgIpc) is 1.95. The standard InChI is InChI=1S/C8H11N3O2/c12-7-4-8(13)10-6(9-7)5-11-2-1-3-11/h4H,1-3,5H2,(H2,9,10,12,13). The van der Waals surface area contributed by atoms with Gasteiger partial charge in [-0.3, -0.25) is 9.69 Å². The molecule has 0 amide bonds. The van der Waals surface area contributed by atoms with E-state index in [-0.39, 0.29) is 11.4 Å². The van der Waals surface area contributed by atoms with E-state index in [4.69, 9.17) is 5.11 Å². The highest BCUT2D eigenvalue weighted by Gasteiger charge is 2.14. The summed E-state index contributed by atoms with van der Waals surface area (Å²) in [5.41, 5.74) is -0.303. The number of hydrogen-bond acceptors (Lipinski definition) is 4. The molecule has 1 aliphatic rings. The first-order valence-corrected chi connectivity index (χ1v) is 4.25. The lowest BCUT2D eigenvalue weighted by molar-refractivity contribution is 0.167. The van der Waals surface area contributed by atoms with E-state index in [1.165, 1.54) is 6.42 Å². The third-order valence-corrected chi connectivity index (χ3v) is 2.10. The SMILES string of the molecule is O=c1cc(O)nc(CN2CCC2)[nH]1. The van der Waals surface area contributed by atoms with E-state index < -0.39 is 0 Å². The van der Waals surface area contributed by atoms with Crippen LogP contribution >= 0.6 is 0 Å². The van der Waals surface area contributed by atoms with Crippen molar-refractivity contribution in [3.8, 4) is 5.88 Å². The number of aromatic nitrogens is 2. The summed E-state index contributed by atoms with van der Waals surface area (Å²) in [7, 11) is 0. The largest absolute Gasteiger partial charge is 0.493 e. The van der Waals surface area contributed by atoms with Gasteiger partial charge in [-0.15, -0.1) is 0 Å². The van der Waals surface area contributed by atoms with Crippen molar-refractivity contribution in [1.29, 1.82) is 0 Å². The molecule has 70 valence electrons. The molecule has 0 bridgehead atoms. The van der Waals surface area contributed by atoms with Crippen LogP contribution in [-0.2, 0) is 6.54 Å². The molecule has 0 saturated carbocycles. The summed E-state index contributed by atoms with van der Waals surface area (Å²) in [6.07, 6.45) is 1.20. The van der Waals surface area contributed by atoms with Gasteiger partial charge in [0.05, 0.1) is 12.6 Å². The van der Waals surface area contributed by atoms with Crippen LogP contribution in [0.3, 0.4) is 0 Å². The summed E-state index contributed by atoms with van der Waals surface area (Å²) >= 11 is 0. The molecular formula is C8H11N3O2. The first-order valence-electron chi connectivity index (χ1n) is 4.25. The average molecular weight is 181 g/mol. The molecule has 5 heteroatoms. The van der Waals surface area contributed by atoms with Gasteiger partial charge in [0.2, 0.25) is 5.88 Å². The van der Waals surface area contributed by atoms with Gasteiger partial charge < -0.3 is 10.1 Å². The van der Waals surface area contributed by atoms with E-state index in [2.05, 4.69) is 14.9 Å². The second-order valence-corrected chi connectivity index (χ2v) is 3.18. The zero-order valence-corrected chi connectivity index (χ0v) is 7.16. The Morgan fingerprint density at radius 2 is 2.38 bits per heavy atom. The Labute approximate surface area is 75.0 Å². The molecule has 1 aromatic rings. The van der Waals surface area contributed by atoms with Crippen molar-refractivity contribution in [1.82, 2.24) is 14.9 Å². The van der Waals surface area contributed by atoms with Crippen LogP contribution in [0, 0.1) is 0 Å². The molecule has 1 saturated heterocycles. The number of H-pyrrole nitrogens is 1. The molecule has 0 aromatic carbocycles. The van der Waals surface area contributed by atoms with Crippen molar-refractivity contribution >= 4 is 0 Å². The summed E-state index contributed by atoms with van der Waals surface area (Å²) in [6.45, 7) is 2.70. The van der Waals surface area contributed by atoms with Crippen molar-refractivity contribution in [2.75, 3.05) is 13.1 Å². The quantitative estimate of drug-likeness (QED) is 0.656. The zero-order chi connectivity index (χ0) is 9.26. The maximum atomic E-state index is 10.9. The highest BCUT2D eigenvalue weighted by Crippen LogP contribution is 2.09. The molecule has 2 heterocycles. The minimum Gasteiger partial charge on any atom is -0.493 e. The number of aromatic hydroxyl groups is 1. The predicted octanol–water partition coefficient (Wildman–Crippen LogP) is -0.319. The first-order chi connectivity index (χ1) is 6.24. The Hall–Kier alpha value is -1.36. The lowest BCUT2D eigenvalue weighted by Crippen LogP contribution is -2.37. The van der Waals surface area contributed by atoms with Gasteiger partial charge in [0.15, 0.2) is 0 Å². The van der Waals surface area contributed by atoms with E-state index in [9.17, 15) is 4.79 Å². The number of hydrogen-bond donors (Lipinski definition) is 2. The minimum absolute atomic E-state index is 0.209. The van der Waals surface area contributed by atoms with Crippen molar-refractivity contribution in [2.45, 2.75) is 13.0 Å². The molecule has 5 nitrogen and oxygen atoms in total. The summed E-state index contributed by atoms with van der Waals surface area (Å²) in [6, 6.07) is 1.07. The van der Waals surface area contributed by atoms with E-state index in [1.54, 1.807) is 0 Å². The first kappa shape index (κ1) is 8.25. The molecule has 0 atom stereocenters. The van der Waals surface area contributed by atoms with Crippen LogP contribution in [0.5, 0.6) is 5.88 Å². The molecule has 1 aliphatic heterocycles. The van der Waals surface area contributed by atoms with Gasteiger partial charge in [-0.05, 0) is 19.5 Å². The van der Waals surface area contributed by atoms with Crippen LogP contribution in [0.2, 0.25) is 0 Å². The number of rotatable bonds is 2. The highest BCUT2D eigenvalue weighted by molar-refractivity contribution is 5.06. The van der Waals surface area contributed by atoms with Crippen LogP contribution in [-0.4, -0.2) is 33.1 Å². The van der Waals surface area contributed by atoms with Crippen molar-refractivity contribution in [3.63, 3.8) is 0 Å². The normalized spacial score (nSPS) is 16.9. The number of aromatic amines is 1. The maximum Gasteiger partial charge on any atom is 0.254 e. The van der Waals surface area contributed by atoms with Crippen LogP contribution in [0.1, 0.15) is 12.2 Å². The molecule has 1 fully saturated rings. The van der Waals surface area contributed by atoms with E-state index in [0.29, 0.717) is 12.4 Å². The van der Waals surface area contributed by atoms with Crippen molar-refractivity contribution in [3.05, 3.63) is 22.2 Å². The fraction of sp³-hybridized carbons (Fsp3) is 0.500. The highest BCUT2D eigenvalue weighted by atomic mass is 16.3. The van der Waals surface area contributed by atoms with Gasteiger partial charge in [0.1, 0.15) is 5.82 Å². The molecule has 0 aliphatic carbocycles. The smallest absolute Gasteiger partial charge is 0.254 e. The van der Waals surface area contributed by atoms with Gasteiger partial charge in [-0.2, -0.15) is 4.98 Å². The fourth-order valence-electron chi connectivity index (χ4n) is 1.32. The number of likely N-dealkylation sites (tertiary alicyclic amines) is 1. The molecule has 2 N–H and O–H groups in total. The molecule has 0 radical (unpaired) electrons. The van der Waals surface area contributed by atoms with Crippen LogP contribution in [0.25, 0.3) is 0 Å². The number of nitrogens with zero attached hydrogens (tertiary/aromatic N) is 2. The topological polar surface area (TPSA) is 69.2 Å². The van der Waals surface area contributed by atoms with Gasteiger partial charge in [0, 0.05) is 0 Å². The summed E-state index contributed by atoms with van der Waals surface area (Å²) in [4.78, 5) is 19.5. The predicted molar refractivity (Wildman–Crippen MR) is 46.4 cm³/mol. The Balaban J connectivity index is 2.14. The Kier molecular flexibility index (Phi) is 2.02. The lowest BCUT2D eigenvalue weighted by atomic mass is 10.2. The van der Waals surface area contributed by atoms with Crippen LogP contribution in [0.15, 0.2) is 10.9 Å². The van der Waals surface area contributed by atoms with Gasteiger partial charge >= 0.3 is 0 Å². The van der Waals surface area contributed by atoms with E-state index in [1.807, 2.05) is 0 Å². The van der Waals surface area contributed by atoms with Crippen molar-refractivity contribution in [2.24, 2.45) is 0 Å². The Morgan fingerprint density at radius 1 is 1.62 bits per heavy atom. The van der Waals surface area contributed by atoms with E-state index >= 15 is 0 Å². The van der Waals surface area contributed by atoms with Gasteiger partial charge in [-0.25, -0.2) is 0 Å². The molecule has 1 aromatic heterocycles. The Morgan fingerprint density at radius 3 is 2.92 bits per heavy atom. The lowest BCUT2D eigenvalue weighted by Gasteiger charge is -2.29. The summed E-state index contributed by atoms with van der Waals surface area (Å²) in [5, 5.41) is 9.05. The minimum atomic E-state index is -0.303. The zero-order valence-electron chi connectivity index (χ0n) is 7.16. The van der Waals surface area contributed by atoms with E-state index in [0.717, 1.165) is 19.2 Å². The van der Waals surface area contributed by atoms with Gasteiger partial charge in [-0.1, -0.05) is 0 Å². The molecule has 13 heavy (non-hydrogen) atoms. The van der Waals surface area contributed by atoms with Gasteiger partial charge in [0.25, 0.3) is 5.56 Å². The fourth-order valence-corrected chi connectivity index (χ4v) is 1.32. The Bertz CT molecular complexity index is 357. The molecule has 0 unspecified atom stereocenters. The maximum absolute atomic E-state index is 10.9. The molecule has 0 spiro atoms. The monoisotopic (exact) mass is 181 g/mol. The second-order valence-electron chi connectivity index (χ2n) is 3.18. The number of nitrogens with one attached hydrogen (secondary N) is 1. The van der Waals surface area contributed by atoms with Crippen molar-refractivity contribution < 1.29 is 5.11 Å². The summed E-state index contributed by atoms with van der Waals surface area (Å²) in [5.74, 6) is 0.323. The van der Waals surface area contributed by atoms with Crippen LogP contribution in [0.4, 0.5) is 0 Å². The second kappa shape index (κ2) is 3.18. The molecule has 2 rings (SSSR count). The van der Waals surface area contributed by atoms with Crippen LogP contribution < -0.4 is 5.56 Å². The third kappa shape index (κ3) is 1.86. The molecular weight excluding hydrogens is 170 g/mol.